The number of hydrogen-bond acceptors (Lipinski definition) is 4. The smallest absolute Gasteiger partial charge is 0.255 e. The maximum absolute atomic E-state index is 11.3. The van der Waals surface area contributed by atoms with Crippen LogP contribution in [0.5, 0.6) is 0 Å². The highest BCUT2D eigenvalue weighted by molar-refractivity contribution is 14.1. The Kier molecular flexibility index (Phi) is 2.47. The van der Waals surface area contributed by atoms with Gasteiger partial charge >= 0.3 is 0 Å². The van der Waals surface area contributed by atoms with Crippen molar-refractivity contribution in [3.05, 3.63) is 14.1 Å². The van der Waals surface area contributed by atoms with Gasteiger partial charge in [0.15, 0.2) is 11.2 Å². The van der Waals surface area contributed by atoms with Gasteiger partial charge < -0.3 is 10.6 Å². The van der Waals surface area contributed by atoms with E-state index in [1.165, 1.54) is 11.3 Å². The number of nitrogens with one attached hydrogen (secondary N) is 2. The third-order valence-electron chi connectivity index (χ3n) is 1.52. The van der Waals surface area contributed by atoms with Gasteiger partial charge in [-0.2, -0.15) is 0 Å². The van der Waals surface area contributed by atoms with Gasteiger partial charge in [0, 0.05) is 0 Å². The second-order valence-corrected chi connectivity index (χ2v) is 5.76. The molecule has 1 atom stereocenters. The molecule has 0 bridgehead atoms. The molecule has 1 aromatic rings. The number of rotatable bonds is 1. The van der Waals surface area contributed by atoms with E-state index < -0.39 is 6.04 Å². The van der Waals surface area contributed by atoms with Crippen LogP contribution in [0.15, 0.2) is 6.20 Å². The summed E-state index contributed by atoms with van der Waals surface area (Å²) in [6.45, 7) is 0. The van der Waals surface area contributed by atoms with Gasteiger partial charge in [0.1, 0.15) is 5.01 Å². The van der Waals surface area contributed by atoms with E-state index in [9.17, 15) is 4.79 Å². The predicted molar refractivity (Wildman–Crippen MR) is 61.4 cm³/mol. The first-order valence-corrected chi connectivity index (χ1v) is 5.70. The maximum Gasteiger partial charge on any atom is 0.255 e. The molecule has 7 heteroatoms. The van der Waals surface area contributed by atoms with Gasteiger partial charge in [0.05, 0.1) is 9.08 Å². The highest BCUT2D eigenvalue weighted by Gasteiger charge is 2.30. The van der Waals surface area contributed by atoms with E-state index in [4.69, 9.17) is 12.2 Å². The molecule has 1 saturated heterocycles. The van der Waals surface area contributed by atoms with Crippen molar-refractivity contribution in [2.45, 2.75) is 6.04 Å². The summed E-state index contributed by atoms with van der Waals surface area (Å²) in [6, 6.07) is -0.402. The number of carbonyl (C=O) groups is 1. The number of carbonyl (C=O) groups excluding carboxylic acids is 1. The van der Waals surface area contributed by atoms with Crippen LogP contribution < -0.4 is 10.6 Å². The molecular weight excluding hydrogens is 321 g/mol. The first-order valence-electron chi connectivity index (χ1n) is 3.39. The van der Waals surface area contributed by atoms with Gasteiger partial charge in [-0.3, -0.25) is 4.79 Å². The molecule has 4 nitrogen and oxygen atoms in total. The number of halogens is 1. The zero-order valence-corrected chi connectivity index (χ0v) is 10.00. The molecule has 1 unspecified atom stereocenters. The van der Waals surface area contributed by atoms with E-state index >= 15 is 0 Å². The molecule has 0 saturated carbocycles. The van der Waals surface area contributed by atoms with E-state index in [-0.39, 0.29) is 5.91 Å². The van der Waals surface area contributed by atoms with Gasteiger partial charge in [-0.1, -0.05) is 0 Å². The number of hydrogen-bond donors (Lipinski definition) is 2. The Morgan fingerprint density at radius 3 is 2.92 bits per heavy atom. The number of thiazole rings is 1. The summed E-state index contributed by atoms with van der Waals surface area (Å²) >= 11 is 8.46. The minimum atomic E-state index is -0.402. The Labute approximate surface area is 97.3 Å². The average molecular weight is 325 g/mol. The van der Waals surface area contributed by atoms with Crippen LogP contribution in [0.1, 0.15) is 11.0 Å². The minimum absolute atomic E-state index is 0.129. The Bertz CT molecular complexity index is 378. The van der Waals surface area contributed by atoms with Crippen molar-refractivity contribution in [3.63, 3.8) is 0 Å². The van der Waals surface area contributed by atoms with Gasteiger partial charge in [0.25, 0.3) is 5.91 Å². The van der Waals surface area contributed by atoms with E-state index in [0.717, 1.165) is 7.89 Å². The number of aromatic nitrogens is 1. The van der Waals surface area contributed by atoms with Crippen molar-refractivity contribution in [1.29, 1.82) is 0 Å². The van der Waals surface area contributed by atoms with Crippen LogP contribution in [0, 0.1) is 2.88 Å². The zero-order chi connectivity index (χ0) is 9.42. The van der Waals surface area contributed by atoms with Gasteiger partial charge in [-0.25, -0.2) is 4.98 Å². The fraction of sp³-hybridized carbons (Fsp3) is 0.167. The summed E-state index contributed by atoms with van der Waals surface area (Å²) in [4.78, 5) is 15.4. The first kappa shape index (κ1) is 9.28. The summed E-state index contributed by atoms with van der Waals surface area (Å²) in [5, 5.41) is 6.50. The van der Waals surface area contributed by atoms with Gasteiger partial charge in [-0.05, 0) is 34.8 Å². The van der Waals surface area contributed by atoms with Crippen LogP contribution in [-0.2, 0) is 4.79 Å². The molecule has 1 amide bonds. The monoisotopic (exact) mass is 325 g/mol. The first-order chi connectivity index (χ1) is 6.16. The number of thiocarbonyl (C=S) groups is 1. The third-order valence-corrected chi connectivity index (χ3v) is 3.53. The number of nitrogens with zero attached hydrogens (tertiary/aromatic N) is 1. The SMILES string of the molecule is O=C1NC(=S)NC1c1ncc(I)s1. The molecule has 2 N–H and O–H groups in total. The zero-order valence-electron chi connectivity index (χ0n) is 6.20. The van der Waals surface area contributed by atoms with Crippen molar-refractivity contribution >= 4 is 57.2 Å². The highest BCUT2D eigenvalue weighted by Crippen LogP contribution is 2.23. The molecule has 0 spiro atoms. The second kappa shape index (κ2) is 3.46. The Morgan fingerprint density at radius 1 is 1.69 bits per heavy atom. The van der Waals surface area contributed by atoms with Crippen molar-refractivity contribution < 1.29 is 4.79 Å². The van der Waals surface area contributed by atoms with Crippen LogP contribution in [0.3, 0.4) is 0 Å². The molecule has 0 aliphatic carbocycles. The average Bonchev–Trinajstić information content (AvgIpc) is 2.58. The van der Waals surface area contributed by atoms with Crippen molar-refractivity contribution in [2.75, 3.05) is 0 Å². The van der Waals surface area contributed by atoms with Crippen LogP contribution >= 0.6 is 46.1 Å². The highest BCUT2D eigenvalue weighted by atomic mass is 127. The topological polar surface area (TPSA) is 54.0 Å². The Morgan fingerprint density at radius 2 is 2.46 bits per heavy atom. The molecule has 0 aromatic carbocycles. The summed E-state index contributed by atoms with van der Waals surface area (Å²) in [5.74, 6) is -0.129. The molecule has 0 radical (unpaired) electrons. The molecule has 2 rings (SSSR count). The van der Waals surface area contributed by atoms with E-state index in [0.29, 0.717) is 5.11 Å². The van der Waals surface area contributed by atoms with E-state index in [1.807, 2.05) is 0 Å². The lowest BCUT2D eigenvalue weighted by molar-refractivity contribution is -0.120. The predicted octanol–water partition coefficient (Wildman–Crippen LogP) is 0.793. The molecule has 68 valence electrons. The van der Waals surface area contributed by atoms with Crippen LogP contribution in [0.25, 0.3) is 0 Å². The van der Waals surface area contributed by atoms with E-state index in [1.54, 1.807) is 6.20 Å². The quantitative estimate of drug-likeness (QED) is 0.592. The normalized spacial score (nSPS) is 21.5. The van der Waals surface area contributed by atoms with E-state index in [2.05, 4.69) is 38.2 Å². The van der Waals surface area contributed by atoms with Gasteiger partial charge in [0.2, 0.25) is 0 Å². The van der Waals surface area contributed by atoms with Crippen molar-refractivity contribution in [2.24, 2.45) is 0 Å². The third kappa shape index (κ3) is 1.81. The van der Waals surface area contributed by atoms with Crippen molar-refractivity contribution in [1.82, 2.24) is 15.6 Å². The molecule has 1 aliphatic rings. The van der Waals surface area contributed by atoms with Crippen molar-refractivity contribution in [3.8, 4) is 0 Å². The largest absolute Gasteiger partial charge is 0.345 e. The Hall–Kier alpha value is -0.280. The van der Waals surface area contributed by atoms with Gasteiger partial charge in [-0.15, -0.1) is 11.3 Å². The fourth-order valence-electron chi connectivity index (χ4n) is 0.991. The van der Waals surface area contributed by atoms with Crippen LogP contribution in [-0.4, -0.2) is 16.0 Å². The number of amides is 1. The summed E-state index contributed by atoms with van der Waals surface area (Å²) < 4.78 is 1.06. The lowest BCUT2D eigenvalue weighted by Gasteiger charge is -2.01. The molecule has 13 heavy (non-hydrogen) atoms. The summed E-state index contributed by atoms with van der Waals surface area (Å²) in [6.07, 6.45) is 1.73. The van der Waals surface area contributed by atoms with Crippen LogP contribution in [0.4, 0.5) is 0 Å². The molecule has 1 fully saturated rings. The molecule has 1 aromatic heterocycles. The Balaban J connectivity index is 2.27. The summed E-state index contributed by atoms with van der Waals surface area (Å²) in [5.41, 5.74) is 0. The fourth-order valence-corrected chi connectivity index (χ4v) is 2.72. The standard InChI is InChI=1S/C6H4IN3OS2/c7-2-1-8-5(13-2)3-4(11)10-6(12)9-3/h1,3H,(H2,9,10,11,12). The minimum Gasteiger partial charge on any atom is -0.345 e. The maximum atomic E-state index is 11.3. The molecule has 2 heterocycles. The second-order valence-electron chi connectivity index (χ2n) is 2.40. The molecular formula is C6H4IN3OS2. The lowest BCUT2D eigenvalue weighted by atomic mass is 10.3. The van der Waals surface area contributed by atoms with Crippen LogP contribution in [0.2, 0.25) is 0 Å². The summed E-state index contributed by atoms with van der Waals surface area (Å²) in [7, 11) is 0. The molecule has 1 aliphatic heterocycles. The lowest BCUT2D eigenvalue weighted by Crippen LogP contribution is -2.21.